The maximum Gasteiger partial charge on any atom is 0.573 e. The van der Waals surface area contributed by atoms with Crippen molar-refractivity contribution in [2.45, 2.75) is 32.7 Å². The van der Waals surface area contributed by atoms with Gasteiger partial charge in [0.2, 0.25) is 0 Å². The molecule has 24 heavy (non-hydrogen) atoms. The van der Waals surface area contributed by atoms with Gasteiger partial charge in [-0.05, 0) is 30.2 Å². The predicted octanol–water partition coefficient (Wildman–Crippen LogP) is 4.09. The highest BCUT2D eigenvalue weighted by Gasteiger charge is 2.30. The molecule has 0 radical (unpaired) electrons. The van der Waals surface area contributed by atoms with Crippen LogP contribution in [0, 0.1) is 0 Å². The molecule has 5 nitrogen and oxygen atoms in total. The number of hydrogen-bond acceptors (Lipinski definition) is 4. The number of aromatic nitrogens is 1. The van der Waals surface area contributed by atoms with Gasteiger partial charge in [0.15, 0.2) is 5.96 Å². The molecule has 2 aromatic rings. The SMILES string of the molecule is CC(C)c1csc(CN=C(N)Nc2ccc(OC(F)(F)F)cc2)n1. The fraction of sp³-hybridized carbons (Fsp3) is 0.333. The maximum atomic E-state index is 12.1. The first-order valence-electron chi connectivity index (χ1n) is 7.10. The molecular weight excluding hydrogens is 341 g/mol. The molecule has 1 aromatic carbocycles. The van der Waals surface area contributed by atoms with E-state index in [0.717, 1.165) is 10.7 Å². The Kier molecular flexibility index (Phi) is 5.66. The number of halogens is 3. The van der Waals surface area contributed by atoms with E-state index in [0.29, 0.717) is 18.2 Å². The number of hydrogen-bond donors (Lipinski definition) is 2. The summed E-state index contributed by atoms with van der Waals surface area (Å²) in [4.78, 5) is 8.60. The summed E-state index contributed by atoms with van der Waals surface area (Å²) in [7, 11) is 0. The zero-order valence-corrected chi connectivity index (χ0v) is 13.9. The molecule has 0 aliphatic heterocycles. The van der Waals surface area contributed by atoms with Gasteiger partial charge in [-0.3, -0.25) is 0 Å². The molecule has 0 spiro atoms. The highest BCUT2D eigenvalue weighted by molar-refractivity contribution is 7.09. The second-order valence-electron chi connectivity index (χ2n) is 5.22. The summed E-state index contributed by atoms with van der Waals surface area (Å²) in [5, 5.41) is 5.63. The number of nitrogens with zero attached hydrogens (tertiary/aromatic N) is 2. The molecule has 0 aliphatic rings. The number of nitrogens with two attached hydrogens (primary N) is 1. The lowest BCUT2D eigenvalue weighted by molar-refractivity contribution is -0.274. The first-order valence-corrected chi connectivity index (χ1v) is 7.98. The number of aliphatic imine (C=N–C) groups is 1. The maximum absolute atomic E-state index is 12.1. The molecular formula is C15H17F3N4OS. The van der Waals surface area contributed by atoms with Gasteiger partial charge in [0.05, 0.1) is 12.2 Å². The number of guanidine groups is 1. The van der Waals surface area contributed by atoms with Gasteiger partial charge in [0, 0.05) is 11.1 Å². The molecule has 130 valence electrons. The predicted molar refractivity (Wildman–Crippen MR) is 88.3 cm³/mol. The summed E-state index contributed by atoms with van der Waals surface area (Å²) in [5.74, 6) is 0.209. The minimum Gasteiger partial charge on any atom is -0.406 e. The highest BCUT2D eigenvalue weighted by Crippen LogP contribution is 2.24. The summed E-state index contributed by atoms with van der Waals surface area (Å²) in [6, 6.07) is 5.23. The van der Waals surface area contributed by atoms with Crippen molar-refractivity contribution in [2.75, 3.05) is 5.32 Å². The van der Waals surface area contributed by atoms with E-state index in [2.05, 4.69) is 33.9 Å². The van der Waals surface area contributed by atoms with Crippen molar-refractivity contribution in [2.24, 2.45) is 10.7 Å². The van der Waals surface area contributed by atoms with Crippen LogP contribution in [0.4, 0.5) is 18.9 Å². The Morgan fingerprint density at radius 2 is 2.00 bits per heavy atom. The lowest BCUT2D eigenvalue weighted by Crippen LogP contribution is -2.22. The lowest BCUT2D eigenvalue weighted by atomic mass is 10.2. The van der Waals surface area contributed by atoms with E-state index < -0.39 is 6.36 Å². The number of anilines is 1. The number of benzene rings is 1. The monoisotopic (exact) mass is 358 g/mol. The van der Waals surface area contributed by atoms with Crippen molar-refractivity contribution in [3.05, 3.63) is 40.3 Å². The Morgan fingerprint density at radius 3 is 2.54 bits per heavy atom. The molecule has 0 unspecified atom stereocenters. The molecule has 0 fully saturated rings. The van der Waals surface area contributed by atoms with Crippen molar-refractivity contribution in [3.63, 3.8) is 0 Å². The summed E-state index contributed by atoms with van der Waals surface area (Å²) >= 11 is 1.51. The number of alkyl halides is 3. The third-order valence-electron chi connectivity index (χ3n) is 2.91. The highest BCUT2D eigenvalue weighted by atomic mass is 32.1. The van der Waals surface area contributed by atoms with Crippen LogP contribution in [0.2, 0.25) is 0 Å². The fourth-order valence-corrected chi connectivity index (χ4v) is 2.62. The van der Waals surface area contributed by atoms with Crippen LogP contribution in [0.25, 0.3) is 0 Å². The first kappa shape index (κ1) is 18.1. The summed E-state index contributed by atoms with van der Waals surface area (Å²) in [6.45, 7) is 4.46. The number of thiazole rings is 1. The van der Waals surface area contributed by atoms with E-state index in [-0.39, 0.29) is 11.7 Å². The summed E-state index contributed by atoms with van der Waals surface area (Å²) in [5.41, 5.74) is 7.28. The molecule has 0 aliphatic carbocycles. The zero-order valence-electron chi connectivity index (χ0n) is 13.1. The van der Waals surface area contributed by atoms with Gasteiger partial charge in [-0.2, -0.15) is 0 Å². The van der Waals surface area contributed by atoms with Crippen molar-refractivity contribution >= 4 is 23.0 Å². The van der Waals surface area contributed by atoms with E-state index in [1.54, 1.807) is 0 Å². The van der Waals surface area contributed by atoms with Crippen LogP contribution in [0.3, 0.4) is 0 Å². The van der Waals surface area contributed by atoms with Crippen LogP contribution >= 0.6 is 11.3 Å². The number of ether oxygens (including phenoxy) is 1. The van der Waals surface area contributed by atoms with Crippen LogP contribution < -0.4 is 15.8 Å². The summed E-state index contributed by atoms with van der Waals surface area (Å²) in [6.07, 6.45) is -4.71. The molecule has 0 saturated heterocycles. The molecule has 0 amide bonds. The van der Waals surface area contributed by atoms with E-state index >= 15 is 0 Å². The van der Waals surface area contributed by atoms with Crippen LogP contribution in [-0.4, -0.2) is 17.3 Å². The van der Waals surface area contributed by atoms with E-state index in [1.165, 1.54) is 35.6 Å². The number of nitrogens with one attached hydrogen (secondary N) is 1. The van der Waals surface area contributed by atoms with Crippen molar-refractivity contribution < 1.29 is 17.9 Å². The minimum absolute atomic E-state index is 0.154. The molecule has 0 atom stereocenters. The molecule has 2 rings (SSSR count). The van der Waals surface area contributed by atoms with Crippen molar-refractivity contribution in [1.29, 1.82) is 0 Å². The molecule has 1 heterocycles. The molecule has 1 aromatic heterocycles. The zero-order chi connectivity index (χ0) is 17.7. The Balaban J connectivity index is 1.92. The van der Waals surface area contributed by atoms with Gasteiger partial charge in [0.1, 0.15) is 10.8 Å². The standard InChI is InChI=1S/C15H17F3N4OS/c1-9(2)12-8-24-13(22-12)7-20-14(19)21-10-3-5-11(6-4-10)23-15(16,17)18/h3-6,8-9H,7H2,1-2H3,(H3,19,20,21). The van der Waals surface area contributed by atoms with Gasteiger partial charge < -0.3 is 15.8 Å². The third kappa shape index (κ3) is 5.73. The van der Waals surface area contributed by atoms with Crippen LogP contribution in [-0.2, 0) is 6.54 Å². The van der Waals surface area contributed by atoms with Gasteiger partial charge in [-0.15, -0.1) is 24.5 Å². The molecule has 9 heteroatoms. The van der Waals surface area contributed by atoms with Crippen molar-refractivity contribution in [1.82, 2.24) is 4.98 Å². The quantitative estimate of drug-likeness (QED) is 0.624. The van der Waals surface area contributed by atoms with Gasteiger partial charge in [0.25, 0.3) is 0 Å². The second-order valence-corrected chi connectivity index (χ2v) is 6.16. The van der Waals surface area contributed by atoms with Crippen LogP contribution in [0.15, 0.2) is 34.6 Å². The van der Waals surface area contributed by atoms with Crippen molar-refractivity contribution in [3.8, 4) is 5.75 Å². The lowest BCUT2D eigenvalue weighted by Gasteiger charge is -2.10. The Morgan fingerprint density at radius 1 is 1.33 bits per heavy atom. The van der Waals surface area contributed by atoms with Crippen LogP contribution in [0.1, 0.15) is 30.5 Å². The van der Waals surface area contributed by atoms with Crippen LogP contribution in [0.5, 0.6) is 5.75 Å². The molecule has 0 saturated carbocycles. The molecule has 0 bridgehead atoms. The number of rotatable bonds is 5. The Labute approximate surface area is 141 Å². The van der Waals surface area contributed by atoms with Gasteiger partial charge >= 0.3 is 6.36 Å². The molecule has 3 N–H and O–H groups in total. The van der Waals surface area contributed by atoms with E-state index in [4.69, 9.17) is 5.73 Å². The first-order chi connectivity index (χ1) is 11.2. The normalized spacial score (nSPS) is 12.5. The Hall–Kier alpha value is -2.29. The summed E-state index contributed by atoms with van der Waals surface area (Å²) < 4.78 is 40.0. The minimum atomic E-state index is -4.71. The topological polar surface area (TPSA) is 72.5 Å². The van der Waals surface area contributed by atoms with Gasteiger partial charge in [-0.25, -0.2) is 9.98 Å². The largest absolute Gasteiger partial charge is 0.573 e. The third-order valence-corrected chi connectivity index (χ3v) is 3.76. The smallest absolute Gasteiger partial charge is 0.406 e. The van der Waals surface area contributed by atoms with E-state index in [9.17, 15) is 13.2 Å². The Bertz CT molecular complexity index is 695. The van der Waals surface area contributed by atoms with E-state index in [1.807, 2.05) is 5.38 Å². The average molecular weight is 358 g/mol. The second kappa shape index (κ2) is 7.52. The van der Waals surface area contributed by atoms with Gasteiger partial charge in [-0.1, -0.05) is 13.8 Å². The fourth-order valence-electron chi connectivity index (χ4n) is 1.74. The average Bonchev–Trinajstić information content (AvgIpc) is 2.95.